The Balaban J connectivity index is 1.29. The fraction of sp³-hybridized carbons (Fsp3) is 0.211. The van der Waals surface area contributed by atoms with Gasteiger partial charge in [-0.3, -0.25) is 9.78 Å². The Morgan fingerprint density at radius 1 is 1.19 bits per heavy atom. The molecule has 0 radical (unpaired) electrons. The van der Waals surface area contributed by atoms with Gasteiger partial charge in [0.05, 0.1) is 24.4 Å². The quantitative estimate of drug-likeness (QED) is 0.751. The van der Waals surface area contributed by atoms with E-state index in [1.54, 1.807) is 6.20 Å². The minimum atomic E-state index is -0.201. The number of hydrogen-bond acceptors (Lipinski definition) is 6. The highest BCUT2D eigenvalue weighted by Gasteiger charge is 2.21. The Bertz CT molecular complexity index is 898. The maximum Gasteiger partial charge on any atom is 0.226 e. The number of benzene rings is 1. The Labute approximate surface area is 154 Å². The topological polar surface area (TPSA) is 73.3 Å². The van der Waals surface area contributed by atoms with E-state index >= 15 is 0 Å². The van der Waals surface area contributed by atoms with Crippen molar-refractivity contribution in [2.75, 3.05) is 13.2 Å². The predicted molar refractivity (Wildman–Crippen MR) is 98.4 cm³/mol. The number of carbonyl (C=O) groups excluding carboxylic acids is 1. The van der Waals surface area contributed by atoms with Gasteiger partial charge in [-0.05, 0) is 24.3 Å². The number of pyridine rings is 1. The van der Waals surface area contributed by atoms with Crippen molar-refractivity contribution < 1.29 is 14.3 Å². The number of rotatable bonds is 5. The SMILES string of the molecule is O=C(Cc1csc(-c2ccccn2)n1)NCC1COc2ccccc2O1. The summed E-state index contributed by atoms with van der Waals surface area (Å²) in [6, 6.07) is 13.2. The molecule has 26 heavy (non-hydrogen) atoms. The molecule has 3 aromatic rings. The van der Waals surface area contributed by atoms with Gasteiger partial charge < -0.3 is 14.8 Å². The molecule has 7 heteroatoms. The van der Waals surface area contributed by atoms with Gasteiger partial charge in [0, 0.05) is 11.6 Å². The van der Waals surface area contributed by atoms with E-state index < -0.39 is 0 Å². The molecule has 6 nitrogen and oxygen atoms in total. The van der Waals surface area contributed by atoms with E-state index in [1.165, 1.54) is 11.3 Å². The zero-order valence-corrected chi connectivity index (χ0v) is 14.7. The molecule has 0 spiro atoms. The number of aromatic nitrogens is 2. The number of fused-ring (bicyclic) bond motifs is 1. The molecule has 1 aliphatic heterocycles. The largest absolute Gasteiger partial charge is 0.486 e. The zero-order chi connectivity index (χ0) is 17.8. The second-order valence-corrected chi connectivity index (χ2v) is 6.70. The third-order valence-electron chi connectivity index (χ3n) is 3.87. The van der Waals surface area contributed by atoms with Crippen molar-refractivity contribution in [3.63, 3.8) is 0 Å². The molecular formula is C19H17N3O3S. The van der Waals surface area contributed by atoms with E-state index in [1.807, 2.05) is 47.8 Å². The number of ether oxygens (including phenoxy) is 2. The first-order valence-electron chi connectivity index (χ1n) is 8.29. The smallest absolute Gasteiger partial charge is 0.226 e. The average molecular weight is 367 g/mol. The molecule has 1 unspecified atom stereocenters. The van der Waals surface area contributed by atoms with Gasteiger partial charge in [-0.25, -0.2) is 4.98 Å². The van der Waals surface area contributed by atoms with Gasteiger partial charge in [-0.1, -0.05) is 18.2 Å². The lowest BCUT2D eigenvalue weighted by atomic mass is 10.2. The molecule has 3 heterocycles. The van der Waals surface area contributed by atoms with E-state index in [0.29, 0.717) is 18.9 Å². The lowest BCUT2D eigenvalue weighted by Gasteiger charge is -2.26. The summed E-state index contributed by atoms with van der Waals surface area (Å²) in [5.74, 6) is 1.35. The van der Waals surface area contributed by atoms with Crippen LogP contribution in [0.1, 0.15) is 5.69 Å². The first-order chi connectivity index (χ1) is 12.8. The molecule has 0 saturated carbocycles. The summed E-state index contributed by atoms with van der Waals surface area (Å²) in [7, 11) is 0. The molecule has 1 N–H and O–H groups in total. The normalized spacial score (nSPS) is 15.5. The highest BCUT2D eigenvalue weighted by molar-refractivity contribution is 7.13. The third kappa shape index (κ3) is 3.83. The van der Waals surface area contributed by atoms with Gasteiger partial charge in [0.15, 0.2) is 11.5 Å². The lowest BCUT2D eigenvalue weighted by molar-refractivity contribution is -0.121. The van der Waals surface area contributed by atoms with Crippen molar-refractivity contribution in [3.05, 3.63) is 59.7 Å². The first-order valence-corrected chi connectivity index (χ1v) is 9.17. The number of para-hydroxylation sites is 2. The van der Waals surface area contributed by atoms with E-state index in [4.69, 9.17) is 9.47 Å². The molecule has 1 aliphatic rings. The fourth-order valence-corrected chi connectivity index (χ4v) is 3.41. The number of hydrogen-bond donors (Lipinski definition) is 1. The van der Waals surface area contributed by atoms with E-state index in [-0.39, 0.29) is 18.4 Å². The summed E-state index contributed by atoms with van der Waals surface area (Å²) in [5.41, 5.74) is 1.55. The summed E-state index contributed by atoms with van der Waals surface area (Å²) in [4.78, 5) is 20.9. The van der Waals surface area contributed by atoms with Crippen LogP contribution < -0.4 is 14.8 Å². The standard InChI is InChI=1S/C19H17N3O3S/c23-18(9-13-12-26-19(22-13)15-5-3-4-8-20-15)21-10-14-11-24-16-6-1-2-7-17(16)25-14/h1-8,12,14H,9-11H2,(H,21,23). The van der Waals surface area contributed by atoms with Crippen LogP contribution in [-0.2, 0) is 11.2 Å². The highest BCUT2D eigenvalue weighted by Crippen LogP contribution is 2.30. The van der Waals surface area contributed by atoms with Crippen molar-refractivity contribution >= 4 is 17.2 Å². The van der Waals surface area contributed by atoms with Crippen LogP contribution in [0.2, 0.25) is 0 Å². The van der Waals surface area contributed by atoms with Gasteiger partial charge in [0.25, 0.3) is 0 Å². The van der Waals surface area contributed by atoms with E-state index in [2.05, 4.69) is 15.3 Å². The van der Waals surface area contributed by atoms with Crippen LogP contribution in [0.3, 0.4) is 0 Å². The van der Waals surface area contributed by atoms with Crippen LogP contribution in [0.15, 0.2) is 54.0 Å². The molecule has 2 aromatic heterocycles. The molecule has 0 aliphatic carbocycles. The Kier molecular flexibility index (Phi) is 4.79. The first kappa shape index (κ1) is 16.5. The van der Waals surface area contributed by atoms with Crippen molar-refractivity contribution in [3.8, 4) is 22.2 Å². The summed E-state index contributed by atoms with van der Waals surface area (Å²) >= 11 is 1.48. The van der Waals surface area contributed by atoms with Crippen LogP contribution in [-0.4, -0.2) is 35.1 Å². The van der Waals surface area contributed by atoms with Crippen LogP contribution >= 0.6 is 11.3 Å². The molecule has 1 atom stereocenters. The third-order valence-corrected chi connectivity index (χ3v) is 4.79. The maximum absolute atomic E-state index is 12.2. The van der Waals surface area contributed by atoms with Gasteiger partial charge in [-0.2, -0.15) is 0 Å². The van der Waals surface area contributed by atoms with Crippen molar-refractivity contribution in [2.45, 2.75) is 12.5 Å². The molecule has 4 rings (SSSR count). The van der Waals surface area contributed by atoms with Crippen LogP contribution in [0.5, 0.6) is 11.5 Å². The van der Waals surface area contributed by atoms with Gasteiger partial charge in [0.1, 0.15) is 17.7 Å². The van der Waals surface area contributed by atoms with Crippen LogP contribution in [0, 0.1) is 0 Å². The average Bonchev–Trinajstić information content (AvgIpc) is 3.15. The van der Waals surface area contributed by atoms with Crippen molar-refractivity contribution in [1.29, 1.82) is 0 Å². The van der Waals surface area contributed by atoms with Gasteiger partial charge >= 0.3 is 0 Å². The second kappa shape index (κ2) is 7.53. The van der Waals surface area contributed by atoms with Crippen molar-refractivity contribution in [1.82, 2.24) is 15.3 Å². The molecule has 0 saturated heterocycles. The molecule has 1 aromatic carbocycles. The molecular weight excluding hydrogens is 350 g/mol. The zero-order valence-electron chi connectivity index (χ0n) is 13.9. The fourth-order valence-electron chi connectivity index (χ4n) is 2.61. The minimum absolute atomic E-state index is 0.0923. The van der Waals surface area contributed by atoms with Gasteiger partial charge in [0.2, 0.25) is 5.91 Å². The number of thiazole rings is 1. The maximum atomic E-state index is 12.2. The van der Waals surface area contributed by atoms with Gasteiger partial charge in [-0.15, -0.1) is 11.3 Å². The van der Waals surface area contributed by atoms with Crippen molar-refractivity contribution in [2.24, 2.45) is 0 Å². The number of carbonyl (C=O) groups is 1. The summed E-state index contributed by atoms with van der Waals surface area (Å²) in [6.07, 6.45) is 1.76. The number of amides is 1. The molecule has 1 amide bonds. The monoisotopic (exact) mass is 367 g/mol. The second-order valence-electron chi connectivity index (χ2n) is 5.84. The Morgan fingerprint density at radius 2 is 2.04 bits per heavy atom. The molecule has 0 bridgehead atoms. The summed E-state index contributed by atoms with van der Waals surface area (Å²) in [5, 5.41) is 5.59. The minimum Gasteiger partial charge on any atom is -0.486 e. The van der Waals surface area contributed by atoms with Crippen LogP contribution in [0.4, 0.5) is 0 Å². The summed E-state index contributed by atoms with van der Waals surface area (Å²) in [6.45, 7) is 0.808. The molecule has 0 fully saturated rings. The lowest BCUT2D eigenvalue weighted by Crippen LogP contribution is -2.41. The predicted octanol–water partition coefficient (Wildman–Crippen LogP) is 2.70. The number of nitrogens with zero attached hydrogens (tertiary/aromatic N) is 2. The van der Waals surface area contributed by atoms with Crippen LogP contribution in [0.25, 0.3) is 10.7 Å². The Morgan fingerprint density at radius 3 is 2.88 bits per heavy atom. The van der Waals surface area contributed by atoms with E-state index in [0.717, 1.165) is 22.1 Å². The molecule has 132 valence electrons. The van der Waals surface area contributed by atoms with E-state index in [9.17, 15) is 4.79 Å². The summed E-state index contributed by atoms with van der Waals surface area (Å²) < 4.78 is 11.5. The highest BCUT2D eigenvalue weighted by atomic mass is 32.1. The number of nitrogens with one attached hydrogen (secondary N) is 1. The Hall–Kier alpha value is -2.93.